The topological polar surface area (TPSA) is 67.9 Å². The molecule has 0 bridgehead atoms. The third kappa shape index (κ3) is 6.92. The molecule has 1 N–H and O–H groups in total. The molecule has 1 aliphatic heterocycles. The van der Waals surface area contributed by atoms with E-state index in [0.717, 1.165) is 29.5 Å². The van der Waals surface area contributed by atoms with Gasteiger partial charge in [0.2, 0.25) is 0 Å². The number of rotatable bonds is 10. The van der Waals surface area contributed by atoms with Crippen molar-refractivity contribution >= 4 is 29.3 Å². The highest BCUT2D eigenvalue weighted by atomic mass is 32.1. The predicted octanol–water partition coefficient (Wildman–Crippen LogP) is 6.55. The first-order valence-corrected chi connectivity index (χ1v) is 13.6. The van der Waals surface area contributed by atoms with Gasteiger partial charge in [-0.1, -0.05) is 109 Å². The molecule has 0 unspecified atom stereocenters. The van der Waals surface area contributed by atoms with Gasteiger partial charge in [0.25, 0.3) is 0 Å². The van der Waals surface area contributed by atoms with E-state index in [9.17, 15) is 9.59 Å². The van der Waals surface area contributed by atoms with Gasteiger partial charge >= 0.3 is 12.1 Å². The molecular weight excluding hydrogens is 508 g/mol. The van der Waals surface area contributed by atoms with Gasteiger partial charge in [0.05, 0.1) is 24.7 Å². The number of carbonyl (C=O) groups excluding carboxylic acids is 2. The molecule has 4 rings (SSSR count). The van der Waals surface area contributed by atoms with Gasteiger partial charge in [-0.15, -0.1) is 6.58 Å². The molecule has 3 aromatic rings. The molecule has 1 aliphatic rings. The molecule has 6 nitrogen and oxygen atoms in total. The fourth-order valence-corrected chi connectivity index (χ4v) is 5.55. The molecule has 0 aliphatic carbocycles. The second-order valence-corrected chi connectivity index (χ2v) is 9.79. The summed E-state index contributed by atoms with van der Waals surface area (Å²) in [6, 6.07) is 28.8. The van der Waals surface area contributed by atoms with Crippen molar-refractivity contribution in [3.63, 3.8) is 0 Å². The fraction of sp³-hybridized carbons (Fsp3) is 0.281. The van der Waals surface area contributed by atoms with Gasteiger partial charge in [0.1, 0.15) is 17.5 Å². The van der Waals surface area contributed by atoms with Crippen molar-refractivity contribution in [2.75, 3.05) is 6.61 Å². The maximum Gasteiger partial charge on any atom is 0.408 e. The minimum Gasteiger partial charge on any atom is -0.465 e. The Morgan fingerprint density at radius 1 is 0.923 bits per heavy atom. The summed E-state index contributed by atoms with van der Waals surface area (Å²) in [4.78, 5) is 28.7. The van der Waals surface area contributed by atoms with Crippen molar-refractivity contribution in [1.82, 2.24) is 10.2 Å². The van der Waals surface area contributed by atoms with E-state index < -0.39 is 24.0 Å². The Balaban J connectivity index is 1.67. The average Bonchev–Trinajstić information content (AvgIpc) is 3.42. The smallest absolute Gasteiger partial charge is 0.408 e. The Bertz CT molecular complexity index is 1210. The number of benzene rings is 3. The Hall–Kier alpha value is -3.97. The lowest BCUT2D eigenvalue weighted by atomic mass is 9.97. The minimum atomic E-state index is -0.893. The molecule has 7 heteroatoms. The Morgan fingerprint density at radius 3 is 1.92 bits per heavy atom. The summed E-state index contributed by atoms with van der Waals surface area (Å²) in [5.74, 6) is -1.40. The zero-order valence-electron chi connectivity index (χ0n) is 22.1. The lowest BCUT2D eigenvalue weighted by Crippen LogP contribution is -2.53. The molecule has 0 saturated carbocycles. The molecule has 4 atom stereocenters. The van der Waals surface area contributed by atoms with Gasteiger partial charge in [-0.25, -0.2) is 4.79 Å². The molecule has 1 saturated heterocycles. The zero-order valence-corrected chi connectivity index (χ0v) is 22.9. The molecule has 3 aromatic carbocycles. The Kier molecular flexibility index (Phi) is 9.86. The van der Waals surface area contributed by atoms with Crippen LogP contribution in [0.2, 0.25) is 0 Å². The van der Waals surface area contributed by atoms with Crippen molar-refractivity contribution in [1.29, 1.82) is 0 Å². The maximum atomic E-state index is 13.1. The molecule has 39 heavy (non-hydrogen) atoms. The standard InChI is InChI=1S/C32H34N2O4S/c1-3-26(31(35)37-4-2)29(33-32(36)38-22-23-14-8-5-9-15-23)30(39)34-27(24-16-10-6-11-17-24)20-21-28(34)25-18-12-7-13-19-25/h3,5-19,26-29H,1,4,20-22H2,2H3,(H,33,36)/t26-,27-,28-,29-/m0/s1. The van der Waals surface area contributed by atoms with Crippen LogP contribution >= 0.6 is 12.2 Å². The van der Waals surface area contributed by atoms with E-state index in [1.165, 1.54) is 6.08 Å². The Morgan fingerprint density at radius 2 is 1.44 bits per heavy atom. The lowest BCUT2D eigenvalue weighted by Gasteiger charge is -2.38. The van der Waals surface area contributed by atoms with Crippen LogP contribution in [-0.2, 0) is 20.9 Å². The van der Waals surface area contributed by atoms with Crippen LogP contribution in [0.4, 0.5) is 4.79 Å². The number of hydrogen-bond acceptors (Lipinski definition) is 5. The number of amides is 1. The number of thiocarbonyl (C=S) groups is 1. The van der Waals surface area contributed by atoms with Crippen molar-refractivity contribution < 1.29 is 19.1 Å². The van der Waals surface area contributed by atoms with E-state index in [1.807, 2.05) is 66.7 Å². The van der Waals surface area contributed by atoms with Crippen LogP contribution in [0.3, 0.4) is 0 Å². The maximum absolute atomic E-state index is 13.1. The van der Waals surface area contributed by atoms with Gasteiger partial charge < -0.3 is 19.7 Å². The number of esters is 1. The van der Waals surface area contributed by atoms with Gasteiger partial charge in [0.15, 0.2) is 0 Å². The van der Waals surface area contributed by atoms with Crippen LogP contribution in [0.15, 0.2) is 104 Å². The van der Waals surface area contributed by atoms with E-state index >= 15 is 0 Å². The quantitative estimate of drug-likeness (QED) is 0.178. The summed E-state index contributed by atoms with van der Waals surface area (Å²) in [6.45, 7) is 5.91. The molecule has 0 spiro atoms. The summed E-state index contributed by atoms with van der Waals surface area (Å²) < 4.78 is 10.9. The number of hydrogen-bond donors (Lipinski definition) is 1. The van der Waals surface area contributed by atoms with E-state index in [4.69, 9.17) is 21.7 Å². The van der Waals surface area contributed by atoms with E-state index in [-0.39, 0.29) is 25.3 Å². The van der Waals surface area contributed by atoms with Crippen molar-refractivity contribution in [2.45, 2.75) is 44.5 Å². The van der Waals surface area contributed by atoms with Gasteiger partial charge in [0, 0.05) is 0 Å². The average molecular weight is 543 g/mol. The summed E-state index contributed by atoms with van der Waals surface area (Å²) in [5, 5.41) is 2.88. The van der Waals surface area contributed by atoms with Gasteiger partial charge in [-0.05, 0) is 36.5 Å². The van der Waals surface area contributed by atoms with Crippen LogP contribution < -0.4 is 5.32 Å². The Labute approximate surface area is 235 Å². The summed E-state index contributed by atoms with van der Waals surface area (Å²) in [7, 11) is 0. The second-order valence-electron chi connectivity index (χ2n) is 9.37. The second kappa shape index (κ2) is 13.7. The van der Waals surface area contributed by atoms with Gasteiger partial charge in [-0.2, -0.15) is 0 Å². The highest BCUT2D eigenvalue weighted by Crippen LogP contribution is 2.45. The van der Waals surface area contributed by atoms with E-state index in [2.05, 4.69) is 41.1 Å². The molecule has 1 heterocycles. The molecule has 202 valence electrons. The third-order valence-corrected chi connectivity index (χ3v) is 7.40. The summed E-state index contributed by atoms with van der Waals surface area (Å²) in [5.41, 5.74) is 3.09. The highest BCUT2D eigenvalue weighted by Gasteiger charge is 2.42. The monoisotopic (exact) mass is 542 g/mol. The summed E-state index contributed by atoms with van der Waals surface area (Å²) in [6.07, 6.45) is 2.55. The van der Waals surface area contributed by atoms with Crippen LogP contribution in [0.25, 0.3) is 0 Å². The molecular formula is C32H34N2O4S. The fourth-order valence-electron chi connectivity index (χ4n) is 5.09. The predicted molar refractivity (Wildman–Crippen MR) is 156 cm³/mol. The van der Waals surface area contributed by atoms with Crippen LogP contribution in [0.5, 0.6) is 0 Å². The highest BCUT2D eigenvalue weighted by molar-refractivity contribution is 7.80. The SMILES string of the molecule is C=C[C@H](C(=O)OCC)[C@H](NC(=O)OCc1ccccc1)C(=S)N1[C@H](c2ccccc2)CC[C@H]1c1ccccc1. The van der Waals surface area contributed by atoms with E-state index in [1.54, 1.807) is 6.92 Å². The van der Waals surface area contributed by atoms with Crippen LogP contribution in [-0.4, -0.2) is 34.6 Å². The zero-order chi connectivity index (χ0) is 27.6. The number of alkyl carbamates (subject to hydrolysis) is 1. The van der Waals surface area contributed by atoms with Crippen LogP contribution in [0, 0.1) is 5.92 Å². The van der Waals surface area contributed by atoms with Gasteiger partial charge in [-0.3, -0.25) is 4.79 Å². The van der Waals surface area contributed by atoms with Crippen molar-refractivity contribution in [2.24, 2.45) is 5.92 Å². The first kappa shape index (κ1) is 28.0. The number of ether oxygens (including phenoxy) is 2. The first-order chi connectivity index (χ1) is 19.0. The first-order valence-electron chi connectivity index (χ1n) is 13.2. The van der Waals surface area contributed by atoms with Crippen LogP contribution in [0.1, 0.15) is 48.5 Å². The molecule has 0 radical (unpaired) electrons. The molecule has 0 aromatic heterocycles. The number of nitrogens with one attached hydrogen (secondary N) is 1. The molecule has 1 amide bonds. The normalized spacial score (nSPS) is 18.0. The minimum absolute atomic E-state index is 0.0267. The van der Waals surface area contributed by atoms with Crippen molar-refractivity contribution in [3.05, 3.63) is 120 Å². The summed E-state index contributed by atoms with van der Waals surface area (Å²) >= 11 is 6.13. The molecule has 1 fully saturated rings. The number of carbonyl (C=O) groups is 2. The van der Waals surface area contributed by atoms with E-state index in [0.29, 0.717) is 4.99 Å². The lowest BCUT2D eigenvalue weighted by molar-refractivity contribution is -0.146. The van der Waals surface area contributed by atoms with Crippen molar-refractivity contribution in [3.8, 4) is 0 Å². The largest absolute Gasteiger partial charge is 0.465 e. The third-order valence-electron chi connectivity index (χ3n) is 6.93. The number of nitrogens with zero attached hydrogens (tertiary/aromatic N) is 1. The number of likely N-dealkylation sites (tertiary alicyclic amines) is 1.